The molecule has 0 saturated heterocycles. The highest BCUT2D eigenvalue weighted by atomic mass is 19.4. The van der Waals surface area contributed by atoms with Gasteiger partial charge in [0.25, 0.3) is 0 Å². The number of hydrogen-bond acceptors (Lipinski definition) is 4. The van der Waals surface area contributed by atoms with Crippen molar-refractivity contribution in [2.75, 3.05) is 26.2 Å². The van der Waals surface area contributed by atoms with E-state index in [9.17, 15) is 22.8 Å². The Hall–Kier alpha value is -1.11. The molecule has 0 aromatic rings. The molecule has 0 aromatic heterocycles. The van der Waals surface area contributed by atoms with Gasteiger partial charge in [0, 0.05) is 6.42 Å². The van der Waals surface area contributed by atoms with Crippen molar-refractivity contribution in [1.29, 1.82) is 0 Å². The van der Waals surface area contributed by atoms with Crippen LogP contribution in [0.2, 0.25) is 0 Å². The highest BCUT2D eigenvalue weighted by Crippen LogP contribution is 2.16. The van der Waals surface area contributed by atoms with Gasteiger partial charge in [-0.3, -0.25) is 14.5 Å². The van der Waals surface area contributed by atoms with E-state index in [-0.39, 0.29) is 38.3 Å². The number of carbonyl (C=O) groups excluding carboxylic acids is 2. The molecule has 0 aromatic carbocycles. The number of rotatable bonds is 9. The molecule has 0 amide bonds. The van der Waals surface area contributed by atoms with E-state index >= 15 is 0 Å². The lowest BCUT2D eigenvalue weighted by Gasteiger charge is -2.22. The van der Waals surface area contributed by atoms with Gasteiger partial charge in [0.15, 0.2) is 0 Å². The van der Waals surface area contributed by atoms with Crippen LogP contribution in [0.1, 0.15) is 33.1 Å². The smallest absolute Gasteiger partial charge is 0.401 e. The van der Waals surface area contributed by atoms with E-state index < -0.39 is 18.7 Å². The fraction of sp³-hybridized carbons (Fsp3) is 0.833. The SMILES string of the molecule is CCCN(CC(=O)CCC(=O)OCC)CC(F)(F)F. The molecular weight excluding hydrogens is 263 g/mol. The van der Waals surface area contributed by atoms with E-state index in [4.69, 9.17) is 0 Å². The molecule has 4 nitrogen and oxygen atoms in total. The molecule has 0 unspecified atom stereocenters. The Morgan fingerprint density at radius 1 is 1.16 bits per heavy atom. The lowest BCUT2D eigenvalue weighted by molar-refractivity contribution is -0.150. The van der Waals surface area contributed by atoms with E-state index in [1.165, 1.54) is 0 Å². The monoisotopic (exact) mass is 283 g/mol. The number of nitrogens with zero attached hydrogens (tertiary/aromatic N) is 1. The van der Waals surface area contributed by atoms with Gasteiger partial charge in [-0.25, -0.2) is 0 Å². The summed E-state index contributed by atoms with van der Waals surface area (Å²) in [6, 6.07) is 0. The third-order valence-corrected chi connectivity index (χ3v) is 2.26. The van der Waals surface area contributed by atoms with Crippen LogP contribution in [-0.2, 0) is 14.3 Å². The predicted molar refractivity (Wildman–Crippen MR) is 63.7 cm³/mol. The molecule has 0 heterocycles. The van der Waals surface area contributed by atoms with Gasteiger partial charge < -0.3 is 4.74 Å². The Bertz CT molecular complexity index is 292. The summed E-state index contributed by atoms with van der Waals surface area (Å²) in [5.74, 6) is -0.889. The Balaban J connectivity index is 4.13. The standard InChI is InChI=1S/C12H20F3NO3/c1-3-7-16(9-12(13,14)15)8-10(17)5-6-11(18)19-4-2/h3-9H2,1-2H3. The summed E-state index contributed by atoms with van der Waals surface area (Å²) in [5, 5.41) is 0. The van der Waals surface area contributed by atoms with Crippen molar-refractivity contribution < 1.29 is 27.5 Å². The van der Waals surface area contributed by atoms with Gasteiger partial charge >= 0.3 is 12.1 Å². The summed E-state index contributed by atoms with van der Waals surface area (Å²) in [7, 11) is 0. The van der Waals surface area contributed by atoms with Crippen molar-refractivity contribution in [3.63, 3.8) is 0 Å². The number of hydrogen-bond donors (Lipinski definition) is 0. The van der Waals surface area contributed by atoms with Crippen LogP contribution in [-0.4, -0.2) is 49.1 Å². The minimum Gasteiger partial charge on any atom is -0.466 e. The van der Waals surface area contributed by atoms with E-state index in [0.717, 1.165) is 4.90 Å². The zero-order chi connectivity index (χ0) is 14.9. The zero-order valence-electron chi connectivity index (χ0n) is 11.3. The summed E-state index contributed by atoms with van der Waals surface area (Å²) in [6.45, 7) is 2.42. The maximum absolute atomic E-state index is 12.3. The van der Waals surface area contributed by atoms with Gasteiger partial charge in [0.05, 0.1) is 26.1 Å². The molecule has 7 heteroatoms. The van der Waals surface area contributed by atoms with Crippen molar-refractivity contribution >= 4 is 11.8 Å². The fourth-order valence-corrected chi connectivity index (χ4v) is 1.59. The number of esters is 1. The van der Waals surface area contributed by atoms with Crippen LogP contribution < -0.4 is 0 Å². The van der Waals surface area contributed by atoms with Gasteiger partial charge in [-0.1, -0.05) is 6.92 Å². The Kier molecular flexibility index (Phi) is 8.38. The Labute approximate surface area is 110 Å². The van der Waals surface area contributed by atoms with Gasteiger partial charge in [0.2, 0.25) is 0 Å². The average Bonchev–Trinajstić information content (AvgIpc) is 2.25. The van der Waals surface area contributed by atoms with E-state index in [1.807, 2.05) is 0 Å². The first-order chi connectivity index (χ1) is 8.78. The van der Waals surface area contributed by atoms with Gasteiger partial charge in [-0.05, 0) is 19.9 Å². The van der Waals surface area contributed by atoms with Crippen LogP contribution >= 0.6 is 0 Å². The highest BCUT2D eigenvalue weighted by Gasteiger charge is 2.31. The normalized spacial score (nSPS) is 11.7. The molecule has 0 N–H and O–H groups in total. The Morgan fingerprint density at radius 3 is 2.26 bits per heavy atom. The van der Waals surface area contributed by atoms with E-state index in [2.05, 4.69) is 4.74 Å². The van der Waals surface area contributed by atoms with Gasteiger partial charge in [0.1, 0.15) is 5.78 Å². The molecule has 19 heavy (non-hydrogen) atoms. The average molecular weight is 283 g/mol. The zero-order valence-corrected chi connectivity index (χ0v) is 11.3. The quantitative estimate of drug-likeness (QED) is 0.608. The Morgan fingerprint density at radius 2 is 1.79 bits per heavy atom. The summed E-state index contributed by atoms with van der Waals surface area (Å²) in [5.41, 5.74) is 0. The number of alkyl halides is 3. The van der Waals surface area contributed by atoms with Crippen molar-refractivity contribution in [2.45, 2.75) is 39.3 Å². The van der Waals surface area contributed by atoms with Crippen molar-refractivity contribution in [1.82, 2.24) is 4.90 Å². The molecule has 0 rings (SSSR count). The second-order valence-corrected chi connectivity index (χ2v) is 4.17. The molecule has 0 bridgehead atoms. The molecule has 0 atom stereocenters. The number of Topliss-reactive ketones (excluding diaryl/α,β-unsaturated/α-hetero) is 1. The minimum absolute atomic E-state index is 0.0847. The van der Waals surface area contributed by atoms with Gasteiger partial charge in [-0.15, -0.1) is 0 Å². The van der Waals surface area contributed by atoms with Crippen LogP contribution in [0.4, 0.5) is 13.2 Å². The first-order valence-corrected chi connectivity index (χ1v) is 6.25. The first kappa shape index (κ1) is 17.9. The maximum atomic E-state index is 12.3. The maximum Gasteiger partial charge on any atom is 0.401 e. The summed E-state index contributed by atoms with van der Waals surface area (Å²) in [4.78, 5) is 23.6. The fourth-order valence-electron chi connectivity index (χ4n) is 1.59. The summed E-state index contributed by atoms with van der Waals surface area (Å²) < 4.78 is 41.4. The van der Waals surface area contributed by atoms with Crippen LogP contribution in [0.15, 0.2) is 0 Å². The molecule has 0 spiro atoms. The topological polar surface area (TPSA) is 46.6 Å². The summed E-state index contributed by atoms with van der Waals surface area (Å²) >= 11 is 0. The summed E-state index contributed by atoms with van der Waals surface area (Å²) in [6.07, 6.45) is -3.96. The molecule has 0 radical (unpaired) electrons. The third-order valence-electron chi connectivity index (χ3n) is 2.26. The molecule has 0 aliphatic heterocycles. The van der Waals surface area contributed by atoms with Crippen LogP contribution in [0.25, 0.3) is 0 Å². The second-order valence-electron chi connectivity index (χ2n) is 4.17. The van der Waals surface area contributed by atoms with E-state index in [1.54, 1.807) is 13.8 Å². The lowest BCUT2D eigenvalue weighted by atomic mass is 10.2. The highest BCUT2D eigenvalue weighted by molar-refractivity contribution is 5.84. The van der Waals surface area contributed by atoms with Crippen molar-refractivity contribution in [2.24, 2.45) is 0 Å². The molecule has 0 fully saturated rings. The van der Waals surface area contributed by atoms with Gasteiger partial charge in [-0.2, -0.15) is 13.2 Å². The molecule has 112 valence electrons. The molecule has 0 saturated carbocycles. The largest absolute Gasteiger partial charge is 0.466 e. The number of ether oxygens (including phenoxy) is 1. The second kappa shape index (κ2) is 8.90. The molecule has 0 aliphatic carbocycles. The number of ketones is 1. The van der Waals surface area contributed by atoms with Crippen LogP contribution in [0, 0.1) is 0 Å². The van der Waals surface area contributed by atoms with Crippen LogP contribution in [0.3, 0.4) is 0 Å². The molecular formula is C12H20F3NO3. The van der Waals surface area contributed by atoms with E-state index in [0.29, 0.717) is 6.42 Å². The lowest BCUT2D eigenvalue weighted by Crippen LogP contribution is -2.38. The van der Waals surface area contributed by atoms with Crippen molar-refractivity contribution in [3.8, 4) is 0 Å². The van der Waals surface area contributed by atoms with Crippen molar-refractivity contribution in [3.05, 3.63) is 0 Å². The first-order valence-electron chi connectivity index (χ1n) is 6.25. The third kappa shape index (κ3) is 10.5. The molecule has 0 aliphatic rings. The number of carbonyl (C=O) groups is 2. The minimum atomic E-state index is -4.32. The number of halogens is 3. The van der Waals surface area contributed by atoms with Crippen LogP contribution in [0.5, 0.6) is 0 Å². The predicted octanol–water partition coefficient (Wildman–Crippen LogP) is 2.17.